The van der Waals surface area contributed by atoms with Crippen molar-refractivity contribution in [3.63, 3.8) is 0 Å². The lowest BCUT2D eigenvalue weighted by atomic mass is 9.85. The Hall–Kier alpha value is -2.09. The molecule has 0 radical (unpaired) electrons. The number of nitrogens with one attached hydrogen (secondary N) is 2. The fourth-order valence-corrected chi connectivity index (χ4v) is 2.31. The van der Waals surface area contributed by atoms with E-state index >= 15 is 0 Å². The Labute approximate surface area is 118 Å². The van der Waals surface area contributed by atoms with Gasteiger partial charge in [-0.15, -0.1) is 0 Å². The molecule has 0 bridgehead atoms. The first kappa shape index (κ1) is 15.3. The van der Waals surface area contributed by atoms with Crippen molar-refractivity contribution >= 4 is 17.5 Å². The van der Waals surface area contributed by atoms with Crippen molar-refractivity contribution in [2.75, 3.05) is 18.4 Å². The first-order chi connectivity index (χ1) is 9.78. The molecule has 1 aliphatic rings. The van der Waals surface area contributed by atoms with Crippen molar-refractivity contribution in [1.82, 2.24) is 5.32 Å². The number of benzene rings is 1. The van der Waals surface area contributed by atoms with Gasteiger partial charge in [0.05, 0.1) is 11.3 Å². The van der Waals surface area contributed by atoms with Crippen molar-refractivity contribution in [1.29, 1.82) is 0 Å². The zero-order valence-corrected chi connectivity index (χ0v) is 11.0. The Morgan fingerprint density at radius 1 is 1.29 bits per heavy atom. The highest BCUT2D eigenvalue weighted by Gasteiger charge is 2.61. The number of alkyl halides is 3. The SMILES string of the molecule is NC(=O)c1ccccc1NC(=O)C1(C(F)(F)F)CCNC1. The Kier molecular flexibility index (Phi) is 3.91. The molecule has 21 heavy (non-hydrogen) atoms. The highest BCUT2D eigenvalue weighted by atomic mass is 19.4. The van der Waals surface area contributed by atoms with Gasteiger partial charge in [0.15, 0.2) is 5.41 Å². The molecule has 5 nitrogen and oxygen atoms in total. The molecule has 8 heteroatoms. The number of anilines is 1. The second kappa shape index (κ2) is 5.36. The maximum Gasteiger partial charge on any atom is 0.404 e. The molecule has 1 aromatic rings. The topological polar surface area (TPSA) is 84.2 Å². The summed E-state index contributed by atoms with van der Waals surface area (Å²) in [6.07, 6.45) is -5.02. The Morgan fingerprint density at radius 3 is 2.48 bits per heavy atom. The van der Waals surface area contributed by atoms with Crippen LogP contribution in [0, 0.1) is 5.41 Å². The zero-order valence-electron chi connectivity index (χ0n) is 11.0. The summed E-state index contributed by atoms with van der Waals surface area (Å²) in [7, 11) is 0. The third kappa shape index (κ3) is 2.71. The molecular weight excluding hydrogens is 287 g/mol. The summed E-state index contributed by atoms with van der Waals surface area (Å²) in [6.45, 7) is -0.383. The number of hydrogen-bond donors (Lipinski definition) is 3. The molecule has 1 atom stereocenters. The lowest BCUT2D eigenvalue weighted by Gasteiger charge is -2.29. The number of nitrogens with two attached hydrogens (primary N) is 1. The van der Waals surface area contributed by atoms with Crippen molar-refractivity contribution in [3.05, 3.63) is 29.8 Å². The summed E-state index contributed by atoms with van der Waals surface area (Å²) in [5.41, 5.74) is 2.59. The van der Waals surface area contributed by atoms with E-state index in [1.807, 2.05) is 0 Å². The van der Waals surface area contributed by atoms with Crippen molar-refractivity contribution in [2.45, 2.75) is 12.6 Å². The van der Waals surface area contributed by atoms with Crippen molar-refractivity contribution < 1.29 is 22.8 Å². The van der Waals surface area contributed by atoms with Gasteiger partial charge in [-0.1, -0.05) is 12.1 Å². The number of halogens is 3. The third-order valence-electron chi connectivity index (χ3n) is 3.57. The van der Waals surface area contributed by atoms with Gasteiger partial charge in [0, 0.05) is 6.54 Å². The minimum absolute atomic E-state index is 0.0227. The lowest BCUT2D eigenvalue weighted by molar-refractivity contribution is -0.213. The predicted octanol–water partition coefficient (Wildman–Crippen LogP) is 1.27. The zero-order chi connectivity index (χ0) is 15.7. The number of amides is 2. The minimum Gasteiger partial charge on any atom is -0.366 e. The largest absolute Gasteiger partial charge is 0.404 e. The van der Waals surface area contributed by atoms with E-state index < -0.39 is 30.0 Å². The molecule has 114 valence electrons. The molecule has 0 aliphatic carbocycles. The first-order valence-electron chi connectivity index (χ1n) is 6.26. The quantitative estimate of drug-likeness (QED) is 0.786. The molecule has 1 saturated heterocycles. The van der Waals surface area contributed by atoms with Crippen LogP contribution in [-0.4, -0.2) is 31.1 Å². The van der Waals surface area contributed by atoms with E-state index in [1.165, 1.54) is 24.3 Å². The smallest absolute Gasteiger partial charge is 0.366 e. The second-order valence-corrected chi connectivity index (χ2v) is 4.87. The van der Waals surface area contributed by atoms with E-state index in [0.717, 1.165) is 0 Å². The van der Waals surface area contributed by atoms with Crippen LogP contribution in [0.2, 0.25) is 0 Å². The standard InChI is InChI=1S/C13H14F3N3O2/c14-13(15,16)12(5-6-18-7-12)11(21)19-9-4-2-1-3-8(9)10(17)20/h1-4,18H,5-7H2,(H2,17,20)(H,19,21). The van der Waals surface area contributed by atoms with Crippen LogP contribution in [0.4, 0.5) is 18.9 Å². The monoisotopic (exact) mass is 301 g/mol. The number of primary amides is 1. The van der Waals surface area contributed by atoms with E-state index in [0.29, 0.717) is 0 Å². The first-order valence-corrected chi connectivity index (χ1v) is 6.26. The molecule has 1 aliphatic heterocycles. The summed E-state index contributed by atoms with van der Waals surface area (Å²) < 4.78 is 39.7. The van der Waals surface area contributed by atoms with Crippen LogP contribution < -0.4 is 16.4 Å². The van der Waals surface area contributed by atoms with E-state index in [2.05, 4.69) is 10.6 Å². The average molecular weight is 301 g/mol. The number of rotatable bonds is 3. The van der Waals surface area contributed by atoms with E-state index in [9.17, 15) is 22.8 Å². The van der Waals surface area contributed by atoms with Crippen LogP contribution >= 0.6 is 0 Å². The maximum atomic E-state index is 13.2. The number of para-hydroxylation sites is 1. The lowest BCUT2D eigenvalue weighted by Crippen LogP contribution is -2.49. The molecule has 2 amide bonds. The minimum atomic E-state index is -4.68. The fourth-order valence-electron chi connectivity index (χ4n) is 2.31. The van der Waals surface area contributed by atoms with Gasteiger partial charge in [0.1, 0.15) is 0 Å². The maximum absolute atomic E-state index is 13.2. The van der Waals surface area contributed by atoms with Gasteiger partial charge in [0.2, 0.25) is 5.91 Å². The van der Waals surface area contributed by atoms with Gasteiger partial charge < -0.3 is 16.4 Å². The van der Waals surface area contributed by atoms with Gasteiger partial charge >= 0.3 is 6.18 Å². The van der Waals surface area contributed by atoms with Crippen LogP contribution in [0.15, 0.2) is 24.3 Å². The molecule has 0 spiro atoms. The van der Waals surface area contributed by atoms with Crippen molar-refractivity contribution in [3.8, 4) is 0 Å². The molecule has 1 aromatic carbocycles. The summed E-state index contributed by atoms with van der Waals surface area (Å²) in [5.74, 6) is -2.01. The Balaban J connectivity index is 2.31. The average Bonchev–Trinajstić information content (AvgIpc) is 2.89. The van der Waals surface area contributed by atoms with E-state index in [4.69, 9.17) is 5.73 Å². The number of carbonyl (C=O) groups excluding carboxylic acids is 2. The van der Waals surface area contributed by atoms with Crippen LogP contribution in [0.1, 0.15) is 16.8 Å². The molecule has 0 aromatic heterocycles. The summed E-state index contributed by atoms with van der Waals surface area (Å²) in [5, 5.41) is 4.73. The summed E-state index contributed by atoms with van der Waals surface area (Å²) in [4.78, 5) is 23.4. The van der Waals surface area contributed by atoms with Crippen LogP contribution in [-0.2, 0) is 4.79 Å². The molecule has 0 saturated carbocycles. The molecule has 4 N–H and O–H groups in total. The Morgan fingerprint density at radius 2 is 1.95 bits per heavy atom. The normalized spacial score (nSPS) is 22.0. The summed E-state index contributed by atoms with van der Waals surface area (Å²) in [6, 6.07) is 5.68. The molecule has 2 rings (SSSR count). The fraction of sp³-hybridized carbons (Fsp3) is 0.385. The predicted molar refractivity (Wildman–Crippen MR) is 69.6 cm³/mol. The van der Waals surface area contributed by atoms with Gasteiger partial charge in [-0.3, -0.25) is 9.59 Å². The van der Waals surface area contributed by atoms with E-state index in [-0.39, 0.29) is 24.2 Å². The van der Waals surface area contributed by atoms with Crippen LogP contribution in [0.5, 0.6) is 0 Å². The summed E-state index contributed by atoms with van der Waals surface area (Å²) >= 11 is 0. The van der Waals surface area contributed by atoms with E-state index in [1.54, 1.807) is 0 Å². The highest BCUT2D eigenvalue weighted by Crippen LogP contribution is 2.43. The van der Waals surface area contributed by atoms with Gasteiger partial charge in [0.25, 0.3) is 5.91 Å². The number of hydrogen-bond acceptors (Lipinski definition) is 3. The van der Waals surface area contributed by atoms with Crippen LogP contribution in [0.3, 0.4) is 0 Å². The van der Waals surface area contributed by atoms with Gasteiger partial charge in [-0.2, -0.15) is 13.2 Å². The van der Waals surface area contributed by atoms with Gasteiger partial charge in [-0.25, -0.2) is 0 Å². The number of carbonyl (C=O) groups is 2. The third-order valence-corrected chi connectivity index (χ3v) is 3.57. The highest BCUT2D eigenvalue weighted by molar-refractivity contribution is 6.04. The molecule has 1 heterocycles. The second-order valence-electron chi connectivity index (χ2n) is 4.87. The Bertz CT molecular complexity index is 566. The van der Waals surface area contributed by atoms with Crippen LogP contribution in [0.25, 0.3) is 0 Å². The van der Waals surface area contributed by atoms with Gasteiger partial charge in [-0.05, 0) is 25.1 Å². The molecule has 1 fully saturated rings. The van der Waals surface area contributed by atoms with Crippen molar-refractivity contribution in [2.24, 2.45) is 11.1 Å². The molecule has 1 unspecified atom stereocenters. The molecular formula is C13H14F3N3O2.